The molecule has 0 amide bonds. The lowest BCUT2D eigenvalue weighted by Crippen LogP contribution is -2.32. The summed E-state index contributed by atoms with van der Waals surface area (Å²) in [5, 5.41) is 8.58. The van der Waals surface area contributed by atoms with E-state index in [0.29, 0.717) is 12.3 Å². The van der Waals surface area contributed by atoms with Crippen LogP contribution < -0.4 is 4.72 Å². The third-order valence-corrected chi connectivity index (χ3v) is 4.86. The lowest BCUT2D eigenvalue weighted by molar-refractivity contribution is 0.530. The highest BCUT2D eigenvalue weighted by Gasteiger charge is 2.26. The molecule has 0 saturated heterocycles. The molecule has 0 bridgehead atoms. The van der Waals surface area contributed by atoms with Crippen molar-refractivity contribution in [2.24, 2.45) is 5.92 Å². The second kappa shape index (κ2) is 5.72. The fourth-order valence-electron chi connectivity index (χ4n) is 2.11. The summed E-state index contributed by atoms with van der Waals surface area (Å²) in [6.07, 6.45) is 3.64. The third-order valence-electron chi connectivity index (χ3n) is 3.26. The molecule has 0 aliphatic heterocycles. The molecule has 4 nitrogen and oxygen atoms in total. The maximum Gasteiger partial charge on any atom is 0.240 e. The summed E-state index contributed by atoms with van der Waals surface area (Å²) in [6.45, 7) is 1.90. The van der Waals surface area contributed by atoms with Crippen molar-refractivity contribution in [3.63, 3.8) is 0 Å². The molecule has 2 rings (SSSR count). The highest BCUT2D eigenvalue weighted by Crippen LogP contribution is 2.33. The summed E-state index contributed by atoms with van der Waals surface area (Å²) in [4.78, 5) is 0.261. The summed E-state index contributed by atoms with van der Waals surface area (Å²) in [7, 11) is -3.44. The summed E-state index contributed by atoms with van der Waals surface area (Å²) in [5.41, 5.74) is 0.826. The molecule has 1 saturated carbocycles. The fraction of sp³-hybridized carbons (Fsp3) is 0.500. The number of sulfonamides is 1. The quantitative estimate of drug-likeness (QED) is 0.867. The Kier molecular flexibility index (Phi) is 4.23. The number of nitriles is 1. The van der Waals surface area contributed by atoms with Crippen LogP contribution in [-0.2, 0) is 16.4 Å². The van der Waals surface area contributed by atoms with E-state index >= 15 is 0 Å². The standard InChI is InChI=1S/C14H18N2O2S/c1-11(10-13-2-3-13)16-19(17,18)14-6-4-12(5-7-14)8-9-15/h4-7,11,13,16H,2-3,8,10H2,1H3. The molecule has 19 heavy (non-hydrogen) atoms. The number of rotatable bonds is 6. The lowest BCUT2D eigenvalue weighted by atomic mass is 10.2. The molecule has 5 heteroatoms. The molecular formula is C14H18N2O2S. The van der Waals surface area contributed by atoms with Gasteiger partial charge in [0.25, 0.3) is 0 Å². The van der Waals surface area contributed by atoms with Crippen molar-refractivity contribution in [2.45, 2.75) is 43.5 Å². The van der Waals surface area contributed by atoms with E-state index in [1.165, 1.54) is 12.8 Å². The molecule has 0 heterocycles. The number of benzene rings is 1. The van der Waals surface area contributed by atoms with E-state index in [0.717, 1.165) is 12.0 Å². The van der Waals surface area contributed by atoms with Crippen molar-refractivity contribution in [3.8, 4) is 6.07 Å². The van der Waals surface area contributed by atoms with Crippen LogP contribution >= 0.6 is 0 Å². The summed E-state index contributed by atoms with van der Waals surface area (Å²) in [5.74, 6) is 0.690. The molecule has 1 N–H and O–H groups in total. The Morgan fingerprint density at radius 1 is 1.37 bits per heavy atom. The largest absolute Gasteiger partial charge is 0.240 e. The molecule has 1 aromatic carbocycles. The number of hydrogen-bond acceptors (Lipinski definition) is 3. The first-order chi connectivity index (χ1) is 9.01. The van der Waals surface area contributed by atoms with Gasteiger partial charge in [0.05, 0.1) is 17.4 Å². The minimum absolute atomic E-state index is 0.0312. The van der Waals surface area contributed by atoms with Crippen LogP contribution in [0, 0.1) is 17.2 Å². The molecule has 1 unspecified atom stereocenters. The molecule has 1 atom stereocenters. The first-order valence-corrected chi connectivity index (χ1v) is 7.98. The third kappa shape index (κ3) is 4.05. The van der Waals surface area contributed by atoms with E-state index in [9.17, 15) is 8.42 Å². The van der Waals surface area contributed by atoms with Crippen molar-refractivity contribution in [1.82, 2.24) is 4.72 Å². The van der Waals surface area contributed by atoms with Gasteiger partial charge in [-0.15, -0.1) is 0 Å². The number of hydrogen-bond donors (Lipinski definition) is 1. The van der Waals surface area contributed by atoms with Gasteiger partial charge in [0, 0.05) is 6.04 Å². The summed E-state index contributed by atoms with van der Waals surface area (Å²) in [6, 6.07) is 8.48. The topological polar surface area (TPSA) is 70.0 Å². The summed E-state index contributed by atoms with van der Waals surface area (Å²) >= 11 is 0. The van der Waals surface area contributed by atoms with Gasteiger partial charge in [-0.3, -0.25) is 0 Å². The molecule has 1 aliphatic carbocycles. The minimum Gasteiger partial charge on any atom is -0.208 e. The van der Waals surface area contributed by atoms with Gasteiger partial charge in [-0.2, -0.15) is 5.26 Å². The second-order valence-electron chi connectivity index (χ2n) is 5.18. The second-order valence-corrected chi connectivity index (χ2v) is 6.89. The van der Waals surface area contributed by atoms with Crippen LogP contribution in [0.25, 0.3) is 0 Å². The van der Waals surface area contributed by atoms with E-state index in [4.69, 9.17) is 5.26 Å². The first kappa shape index (κ1) is 14.0. The molecule has 0 aromatic heterocycles. The van der Waals surface area contributed by atoms with Crippen LogP contribution in [0.4, 0.5) is 0 Å². The maximum atomic E-state index is 12.1. The smallest absolute Gasteiger partial charge is 0.208 e. The van der Waals surface area contributed by atoms with E-state index in [2.05, 4.69) is 4.72 Å². The van der Waals surface area contributed by atoms with Crippen LogP contribution in [-0.4, -0.2) is 14.5 Å². The van der Waals surface area contributed by atoms with Crippen molar-refractivity contribution in [3.05, 3.63) is 29.8 Å². The van der Waals surface area contributed by atoms with Gasteiger partial charge in [-0.05, 0) is 37.0 Å². The molecule has 1 fully saturated rings. The van der Waals surface area contributed by atoms with Crippen molar-refractivity contribution < 1.29 is 8.42 Å². The van der Waals surface area contributed by atoms with Gasteiger partial charge < -0.3 is 0 Å². The van der Waals surface area contributed by atoms with Crippen LogP contribution in [0.5, 0.6) is 0 Å². The van der Waals surface area contributed by atoms with Crippen LogP contribution in [0.3, 0.4) is 0 Å². The zero-order valence-electron chi connectivity index (χ0n) is 11.0. The van der Waals surface area contributed by atoms with E-state index in [-0.39, 0.29) is 10.9 Å². The van der Waals surface area contributed by atoms with Crippen LogP contribution in [0.15, 0.2) is 29.2 Å². The summed E-state index contributed by atoms with van der Waals surface area (Å²) < 4.78 is 27.0. The van der Waals surface area contributed by atoms with Crippen molar-refractivity contribution in [1.29, 1.82) is 5.26 Å². The van der Waals surface area contributed by atoms with E-state index < -0.39 is 10.0 Å². The Morgan fingerprint density at radius 2 is 2.00 bits per heavy atom. The minimum atomic E-state index is -3.44. The number of nitrogens with zero attached hydrogens (tertiary/aromatic N) is 1. The molecule has 1 aliphatic rings. The Morgan fingerprint density at radius 3 is 2.53 bits per heavy atom. The van der Waals surface area contributed by atoms with Gasteiger partial charge in [0.1, 0.15) is 0 Å². The predicted octanol–water partition coefficient (Wildman–Crippen LogP) is 2.22. The Balaban J connectivity index is 2.03. The average molecular weight is 278 g/mol. The van der Waals surface area contributed by atoms with Crippen molar-refractivity contribution >= 4 is 10.0 Å². The Bertz CT molecular complexity index is 568. The number of nitrogens with one attached hydrogen (secondary N) is 1. The zero-order valence-corrected chi connectivity index (χ0v) is 11.8. The predicted molar refractivity (Wildman–Crippen MR) is 72.9 cm³/mol. The highest BCUT2D eigenvalue weighted by molar-refractivity contribution is 7.89. The monoisotopic (exact) mass is 278 g/mol. The fourth-order valence-corrected chi connectivity index (χ4v) is 3.37. The SMILES string of the molecule is CC(CC1CC1)NS(=O)(=O)c1ccc(CC#N)cc1. The van der Waals surface area contributed by atoms with Crippen molar-refractivity contribution in [2.75, 3.05) is 0 Å². The van der Waals surface area contributed by atoms with Gasteiger partial charge in [0.15, 0.2) is 0 Å². The van der Waals surface area contributed by atoms with E-state index in [1.807, 2.05) is 13.0 Å². The van der Waals surface area contributed by atoms with E-state index in [1.54, 1.807) is 24.3 Å². The zero-order chi connectivity index (χ0) is 13.9. The molecular weight excluding hydrogens is 260 g/mol. The van der Waals surface area contributed by atoms with Gasteiger partial charge in [-0.25, -0.2) is 13.1 Å². The lowest BCUT2D eigenvalue weighted by Gasteiger charge is -2.13. The Labute approximate surface area is 114 Å². The first-order valence-electron chi connectivity index (χ1n) is 6.49. The molecule has 0 spiro atoms. The normalized spacial score (nSPS) is 16.8. The van der Waals surface area contributed by atoms with Gasteiger partial charge in [0.2, 0.25) is 10.0 Å². The Hall–Kier alpha value is -1.38. The van der Waals surface area contributed by atoms with Gasteiger partial charge >= 0.3 is 0 Å². The molecule has 1 aromatic rings. The molecule has 0 radical (unpaired) electrons. The van der Waals surface area contributed by atoms with Gasteiger partial charge in [-0.1, -0.05) is 25.0 Å². The maximum absolute atomic E-state index is 12.1. The average Bonchev–Trinajstić information content (AvgIpc) is 3.13. The van der Waals surface area contributed by atoms with Crippen LogP contribution in [0.1, 0.15) is 31.7 Å². The highest BCUT2D eigenvalue weighted by atomic mass is 32.2. The van der Waals surface area contributed by atoms with Crippen LogP contribution in [0.2, 0.25) is 0 Å². The molecule has 102 valence electrons.